The molecular formula is C14H20N2O3S. The predicted molar refractivity (Wildman–Crippen MR) is 78.9 cm³/mol. The van der Waals surface area contributed by atoms with Crippen molar-refractivity contribution in [3.05, 3.63) is 29.3 Å². The summed E-state index contributed by atoms with van der Waals surface area (Å²) in [4.78, 5) is 14.1. The molecule has 0 aromatic heterocycles. The van der Waals surface area contributed by atoms with Gasteiger partial charge in [0.1, 0.15) is 4.75 Å². The van der Waals surface area contributed by atoms with Crippen molar-refractivity contribution in [2.24, 2.45) is 0 Å². The number of anilines is 1. The molecule has 0 unspecified atom stereocenters. The van der Waals surface area contributed by atoms with Crippen molar-refractivity contribution in [3.8, 4) is 0 Å². The predicted octanol–water partition coefficient (Wildman–Crippen LogP) is 0.977. The fourth-order valence-corrected chi connectivity index (χ4v) is 2.80. The van der Waals surface area contributed by atoms with E-state index in [0.717, 1.165) is 23.1 Å². The molecule has 0 bridgehead atoms. The number of nitrogen functional groups attached to an aromatic ring is 1. The van der Waals surface area contributed by atoms with E-state index in [2.05, 4.69) is 0 Å². The maximum atomic E-state index is 12.5. The molecule has 0 atom stereocenters. The van der Waals surface area contributed by atoms with Gasteiger partial charge in [0.25, 0.3) is 0 Å². The lowest BCUT2D eigenvalue weighted by Crippen LogP contribution is -2.51. The Labute approximate surface area is 119 Å². The summed E-state index contributed by atoms with van der Waals surface area (Å²) in [6.45, 7) is 3.83. The molecule has 5 nitrogen and oxygen atoms in total. The van der Waals surface area contributed by atoms with Crippen LogP contribution in [-0.2, 0) is 27.6 Å². The lowest BCUT2D eigenvalue weighted by molar-refractivity contribution is -0.134. The zero-order chi connectivity index (χ0) is 15.1. The third-order valence-electron chi connectivity index (χ3n) is 4.03. The minimum Gasteiger partial charge on any atom is -0.398 e. The molecule has 2 N–H and O–H groups in total. The van der Waals surface area contributed by atoms with Gasteiger partial charge in [0.05, 0.1) is 0 Å². The van der Waals surface area contributed by atoms with Gasteiger partial charge in [-0.05, 0) is 37.5 Å². The SMILES string of the molecule is CC(C)(C(=O)N1CCc2c(N)cccc2C1)S(C)(=O)=O. The summed E-state index contributed by atoms with van der Waals surface area (Å²) in [7, 11) is -3.45. The molecule has 1 amide bonds. The van der Waals surface area contributed by atoms with E-state index in [1.807, 2.05) is 18.2 Å². The van der Waals surface area contributed by atoms with Gasteiger partial charge in [0.2, 0.25) is 5.91 Å². The highest BCUT2D eigenvalue weighted by molar-refractivity contribution is 7.92. The van der Waals surface area contributed by atoms with E-state index in [1.165, 1.54) is 13.8 Å². The van der Waals surface area contributed by atoms with Gasteiger partial charge in [0.15, 0.2) is 9.84 Å². The molecule has 0 aliphatic carbocycles. The molecular weight excluding hydrogens is 276 g/mol. The van der Waals surface area contributed by atoms with Crippen LogP contribution in [0.4, 0.5) is 5.69 Å². The van der Waals surface area contributed by atoms with E-state index in [0.29, 0.717) is 19.5 Å². The van der Waals surface area contributed by atoms with Gasteiger partial charge < -0.3 is 10.6 Å². The van der Waals surface area contributed by atoms with E-state index >= 15 is 0 Å². The van der Waals surface area contributed by atoms with Gasteiger partial charge in [-0.15, -0.1) is 0 Å². The molecule has 1 aliphatic heterocycles. The molecule has 6 heteroatoms. The number of carbonyl (C=O) groups excluding carboxylic acids is 1. The highest BCUT2D eigenvalue weighted by Crippen LogP contribution is 2.27. The van der Waals surface area contributed by atoms with E-state index in [1.54, 1.807) is 4.90 Å². The smallest absolute Gasteiger partial charge is 0.243 e. The number of hydrogen-bond donors (Lipinski definition) is 1. The first kappa shape index (κ1) is 14.8. The Morgan fingerprint density at radius 3 is 2.60 bits per heavy atom. The Morgan fingerprint density at radius 1 is 1.35 bits per heavy atom. The van der Waals surface area contributed by atoms with Crippen LogP contribution in [0.3, 0.4) is 0 Å². The fraction of sp³-hybridized carbons (Fsp3) is 0.500. The summed E-state index contributed by atoms with van der Waals surface area (Å²) in [6.07, 6.45) is 1.76. The molecule has 2 rings (SSSR count). The van der Waals surface area contributed by atoms with Crippen molar-refractivity contribution in [3.63, 3.8) is 0 Å². The lowest BCUT2D eigenvalue weighted by atomic mass is 9.97. The van der Waals surface area contributed by atoms with E-state index < -0.39 is 14.6 Å². The molecule has 1 aromatic rings. The Bertz CT molecular complexity index is 650. The standard InChI is InChI=1S/C14H20N2O3S/c1-14(2,20(3,18)19)13(17)16-8-7-11-10(9-16)5-4-6-12(11)15/h4-6H,7-9,15H2,1-3H3. The molecule has 110 valence electrons. The number of benzene rings is 1. The maximum Gasteiger partial charge on any atom is 0.243 e. The van der Waals surface area contributed by atoms with Crippen LogP contribution in [0.1, 0.15) is 25.0 Å². The first-order valence-electron chi connectivity index (χ1n) is 6.50. The summed E-state index contributed by atoms with van der Waals surface area (Å²) in [5.41, 5.74) is 8.71. The van der Waals surface area contributed by atoms with Gasteiger partial charge in [-0.1, -0.05) is 12.1 Å². The van der Waals surface area contributed by atoms with Crippen LogP contribution >= 0.6 is 0 Å². The minimum atomic E-state index is -3.45. The molecule has 0 saturated carbocycles. The number of rotatable bonds is 2. The monoisotopic (exact) mass is 296 g/mol. The molecule has 1 heterocycles. The highest BCUT2D eigenvalue weighted by atomic mass is 32.2. The van der Waals surface area contributed by atoms with Crippen molar-refractivity contribution in [2.75, 3.05) is 18.5 Å². The number of amides is 1. The normalized spacial score (nSPS) is 15.8. The third kappa shape index (κ3) is 2.40. The molecule has 0 radical (unpaired) electrons. The van der Waals surface area contributed by atoms with Crippen molar-refractivity contribution in [1.29, 1.82) is 0 Å². The second-order valence-electron chi connectivity index (χ2n) is 5.74. The van der Waals surface area contributed by atoms with Crippen molar-refractivity contribution < 1.29 is 13.2 Å². The number of carbonyl (C=O) groups is 1. The van der Waals surface area contributed by atoms with Crippen LogP contribution in [-0.4, -0.2) is 36.8 Å². The number of fused-ring (bicyclic) bond motifs is 1. The minimum absolute atomic E-state index is 0.354. The quantitative estimate of drug-likeness (QED) is 0.825. The van der Waals surface area contributed by atoms with Gasteiger partial charge >= 0.3 is 0 Å². The molecule has 0 saturated heterocycles. The summed E-state index contributed by atoms with van der Waals surface area (Å²) >= 11 is 0. The molecule has 0 spiro atoms. The third-order valence-corrected chi connectivity index (χ3v) is 6.06. The molecule has 0 fully saturated rings. The van der Waals surface area contributed by atoms with Gasteiger partial charge in [0, 0.05) is 25.0 Å². The second kappa shape index (κ2) is 4.77. The van der Waals surface area contributed by atoms with Crippen LogP contribution in [0.5, 0.6) is 0 Å². The maximum absolute atomic E-state index is 12.5. The van der Waals surface area contributed by atoms with Crippen molar-refractivity contribution in [1.82, 2.24) is 4.90 Å². The topological polar surface area (TPSA) is 80.5 Å². The Morgan fingerprint density at radius 2 is 2.00 bits per heavy atom. The van der Waals surface area contributed by atoms with Crippen molar-refractivity contribution >= 4 is 21.4 Å². The van der Waals surface area contributed by atoms with Gasteiger partial charge in [-0.3, -0.25) is 4.79 Å². The van der Waals surface area contributed by atoms with Gasteiger partial charge in [-0.2, -0.15) is 0 Å². The van der Waals surface area contributed by atoms with E-state index in [9.17, 15) is 13.2 Å². The Balaban J connectivity index is 2.28. The number of nitrogens with zero attached hydrogens (tertiary/aromatic N) is 1. The Hall–Kier alpha value is -1.56. The van der Waals surface area contributed by atoms with Crippen molar-refractivity contribution in [2.45, 2.75) is 31.6 Å². The molecule has 20 heavy (non-hydrogen) atoms. The number of nitrogens with two attached hydrogens (primary N) is 1. The molecule has 1 aromatic carbocycles. The molecule has 1 aliphatic rings. The zero-order valence-corrected chi connectivity index (χ0v) is 12.8. The van der Waals surface area contributed by atoms with E-state index in [4.69, 9.17) is 5.73 Å². The average molecular weight is 296 g/mol. The van der Waals surface area contributed by atoms with Crippen LogP contribution < -0.4 is 5.73 Å². The first-order valence-corrected chi connectivity index (χ1v) is 8.39. The Kier molecular flexibility index (Phi) is 3.54. The zero-order valence-electron chi connectivity index (χ0n) is 12.0. The highest BCUT2D eigenvalue weighted by Gasteiger charge is 2.42. The largest absolute Gasteiger partial charge is 0.398 e. The summed E-state index contributed by atoms with van der Waals surface area (Å²) in [5, 5.41) is 0. The van der Waals surface area contributed by atoms with Crippen LogP contribution in [0.15, 0.2) is 18.2 Å². The van der Waals surface area contributed by atoms with Crippen LogP contribution in [0, 0.1) is 0 Å². The number of hydrogen-bond acceptors (Lipinski definition) is 4. The number of sulfone groups is 1. The summed E-state index contributed by atoms with van der Waals surface area (Å²) in [5.74, 6) is -0.354. The first-order chi connectivity index (χ1) is 9.14. The summed E-state index contributed by atoms with van der Waals surface area (Å²) in [6, 6.07) is 5.62. The fourth-order valence-electron chi connectivity index (χ4n) is 2.35. The second-order valence-corrected chi connectivity index (χ2v) is 8.31. The lowest BCUT2D eigenvalue weighted by Gasteiger charge is -2.34. The van der Waals surface area contributed by atoms with Crippen LogP contribution in [0.2, 0.25) is 0 Å². The average Bonchev–Trinajstić information content (AvgIpc) is 2.36. The van der Waals surface area contributed by atoms with E-state index in [-0.39, 0.29) is 5.91 Å². The van der Waals surface area contributed by atoms with Crippen LogP contribution in [0.25, 0.3) is 0 Å². The van der Waals surface area contributed by atoms with Gasteiger partial charge in [-0.25, -0.2) is 8.42 Å². The summed E-state index contributed by atoms with van der Waals surface area (Å²) < 4.78 is 22.1.